The van der Waals surface area contributed by atoms with Crippen molar-refractivity contribution in [2.45, 2.75) is 27.7 Å². The van der Waals surface area contributed by atoms with Crippen LogP contribution in [0.5, 0.6) is 5.75 Å². The van der Waals surface area contributed by atoms with Crippen molar-refractivity contribution in [3.8, 4) is 5.75 Å². The van der Waals surface area contributed by atoms with E-state index in [0.29, 0.717) is 28.5 Å². The number of aryl methyl sites for hydroxylation is 2. The van der Waals surface area contributed by atoms with Gasteiger partial charge in [-0.15, -0.1) is 0 Å². The topological polar surface area (TPSA) is 17.2 Å². The molecule has 0 amide bonds. The van der Waals surface area contributed by atoms with Crippen LogP contribution in [0.3, 0.4) is 0 Å². The molecule has 1 aromatic heterocycles. The zero-order valence-electron chi connectivity index (χ0n) is 15.9. The zero-order chi connectivity index (χ0) is 19.7. The third-order valence-corrected chi connectivity index (χ3v) is 6.07. The summed E-state index contributed by atoms with van der Waals surface area (Å²) in [6.45, 7) is 3.29. The predicted molar refractivity (Wildman–Crippen MR) is 109 cm³/mol. The quantitative estimate of drug-likeness (QED) is 0.588. The van der Waals surface area contributed by atoms with Crippen molar-refractivity contribution in [2.24, 2.45) is 0 Å². The summed E-state index contributed by atoms with van der Waals surface area (Å²) in [6.07, 6.45) is 1.83. The highest BCUT2D eigenvalue weighted by atomic mass is 79.9. The van der Waals surface area contributed by atoms with Gasteiger partial charge in [-0.05, 0) is 56.3 Å². The maximum absolute atomic E-state index is 15.6. The average Bonchev–Trinajstić information content (AvgIpc) is 3.06. The molecule has 0 saturated heterocycles. The van der Waals surface area contributed by atoms with Crippen LogP contribution in [0, 0.1) is 13.8 Å². The first-order valence-corrected chi connectivity index (χ1v) is 9.58. The monoisotopic (exact) mass is 432 g/mol. The number of halogens is 3. The van der Waals surface area contributed by atoms with Gasteiger partial charge in [-0.25, -0.2) is 0 Å². The molecule has 0 saturated carbocycles. The van der Waals surface area contributed by atoms with Crippen LogP contribution >= 0.6 is 15.9 Å². The second-order valence-corrected chi connectivity index (χ2v) is 8.04. The minimum Gasteiger partial charge on any atom is -0.497 e. The largest absolute Gasteiger partial charge is 0.737 e. The Balaban J connectivity index is 2.19. The molecule has 0 fully saturated rings. The Kier molecular flexibility index (Phi) is 4.00. The van der Waals surface area contributed by atoms with E-state index in [2.05, 4.69) is 15.9 Å². The van der Waals surface area contributed by atoms with Crippen LogP contribution in [0.4, 0.5) is 8.63 Å². The summed E-state index contributed by atoms with van der Waals surface area (Å²) in [4.78, 5) is 0. The first-order valence-electron chi connectivity index (χ1n) is 8.79. The maximum Gasteiger partial charge on any atom is 0.737 e. The van der Waals surface area contributed by atoms with Crippen molar-refractivity contribution in [3.05, 3.63) is 68.6 Å². The fraction of sp³-hybridized carbons (Fsp3) is 0.250. The third kappa shape index (κ3) is 2.40. The normalized spacial score (nSPS) is 17.9. The first kappa shape index (κ1) is 18.2. The van der Waals surface area contributed by atoms with Crippen LogP contribution in [-0.4, -0.2) is 28.8 Å². The number of fused-ring (bicyclic) bond motifs is 2. The number of allylic oxidation sites excluding steroid dienone is 2. The molecule has 1 aromatic carbocycles. The number of methoxy groups -OCH3 is 1. The Labute approximate surface area is 165 Å². The molecule has 0 unspecified atom stereocenters. The van der Waals surface area contributed by atoms with Crippen LogP contribution in [0.1, 0.15) is 36.4 Å². The van der Waals surface area contributed by atoms with Gasteiger partial charge in [0, 0.05) is 34.3 Å². The van der Waals surface area contributed by atoms with Crippen LogP contribution < -0.4 is 4.74 Å². The van der Waals surface area contributed by atoms with Gasteiger partial charge >= 0.3 is 6.97 Å². The van der Waals surface area contributed by atoms with Crippen molar-refractivity contribution in [1.82, 2.24) is 4.48 Å². The number of benzene rings is 1. The Hall–Kier alpha value is -2.15. The Morgan fingerprint density at radius 2 is 1.81 bits per heavy atom. The fourth-order valence-corrected chi connectivity index (χ4v) is 4.82. The number of nitrogens with zero attached hydrogens (tertiary/aromatic N) is 2. The number of ether oxygens (including phenoxy) is 1. The molecule has 0 radical (unpaired) electrons. The van der Waals surface area contributed by atoms with Crippen LogP contribution in [0.2, 0.25) is 0 Å². The summed E-state index contributed by atoms with van der Waals surface area (Å²) in [5.74, 6) is 0.684. The van der Waals surface area contributed by atoms with Gasteiger partial charge < -0.3 is 22.3 Å². The standard InChI is InChI=1S/C20H20BBrF2N2O/c1-11-8-13(3)25-19(11)18(16-10-15(27-5)6-7-17(16)22)20-12(2)9-14(4)26(20)21(25,23)24/h6-10H,1-5H3. The minimum absolute atomic E-state index is 0.556. The lowest BCUT2D eigenvalue weighted by atomic mass is 9.84. The van der Waals surface area contributed by atoms with E-state index in [-0.39, 0.29) is 0 Å². The number of hydrogen-bond acceptors (Lipinski definition) is 1. The summed E-state index contributed by atoms with van der Waals surface area (Å²) < 4.78 is 39.9. The summed E-state index contributed by atoms with van der Waals surface area (Å²) in [5, 5.41) is 0. The van der Waals surface area contributed by atoms with E-state index in [4.69, 9.17) is 4.74 Å². The highest BCUT2D eigenvalue weighted by molar-refractivity contribution is 9.10. The van der Waals surface area contributed by atoms with Crippen LogP contribution in [0.15, 0.2) is 46.1 Å². The first-order chi connectivity index (χ1) is 12.7. The lowest BCUT2D eigenvalue weighted by molar-refractivity contribution is -0.363. The van der Waals surface area contributed by atoms with E-state index in [9.17, 15) is 0 Å². The summed E-state index contributed by atoms with van der Waals surface area (Å²) in [6, 6.07) is 7.47. The number of aromatic nitrogens is 1. The molecule has 0 bridgehead atoms. The SMILES string of the molecule is COc1ccc(Br)c(C2=C3C(C)=CC(C)=[N+]3[B-](F)(F)n3c(C)cc(C)c32)c1. The molecule has 3 nitrogen and oxygen atoms in total. The van der Waals surface area contributed by atoms with Gasteiger partial charge in [0.1, 0.15) is 11.5 Å². The second-order valence-electron chi connectivity index (χ2n) is 7.18. The van der Waals surface area contributed by atoms with E-state index in [1.165, 1.54) is 8.96 Å². The Bertz CT molecular complexity index is 1100. The molecule has 0 N–H and O–H groups in total. The molecule has 2 aromatic rings. The molecule has 0 aliphatic carbocycles. The molecule has 2 aliphatic heterocycles. The van der Waals surface area contributed by atoms with E-state index in [1.807, 2.05) is 44.2 Å². The maximum atomic E-state index is 15.6. The van der Waals surface area contributed by atoms with Gasteiger partial charge in [-0.1, -0.05) is 15.9 Å². The van der Waals surface area contributed by atoms with E-state index in [1.54, 1.807) is 21.0 Å². The van der Waals surface area contributed by atoms with Gasteiger partial charge in [0.15, 0.2) is 5.70 Å². The molecule has 27 heavy (non-hydrogen) atoms. The summed E-state index contributed by atoms with van der Waals surface area (Å²) in [5.41, 5.74) is 5.56. The van der Waals surface area contributed by atoms with Gasteiger partial charge in [0.25, 0.3) is 0 Å². The van der Waals surface area contributed by atoms with Gasteiger partial charge in [-0.2, -0.15) is 0 Å². The molecule has 3 heterocycles. The lowest BCUT2D eigenvalue weighted by Crippen LogP contribution is -2.51. The highest BCUT2D eigenvalue weighted by Gasteiger charge is 2.55. The Morgan fingerprint density at radius 1 is 1.11 bits per heavy atom. The molecule has 0 spiro atoms. The fourth-order valence-electron chi connectivity index (χ4n) is 4.38. The van der Waals surface area contributed by atoms with Crippen molar-refractivity contribution < 1.29 is 17.9 Å². The average molecular weight is 433 g/mol. The predicted octanol–water partition coefficient (Wildman–Crippen LogP) is 5.31. The summed E-state index contributed by atoms with van der Waals surface area (Å²) in [7, 11) is 1.60. The van der Waals surface area contributed by atoms with Gasteiger partial charge in [0.2, 0.25) is 0 Å². The molecule has 2 aliphatic rings. The van der Waals surface area contributed by atoms with Crippen molar-refractivity contribution >= 4 is 34.2 Å². The van der Waals surface area contributed by atoms with Crippen molar-refractivity contribution in [3.63, 3.8) is 0 Å². The van der Waals surface area contributed by atoms with Gasteiger partial charge in [-0.3, -0.25) is 0 Å². The van der Waals surface area contributed by atoms with Crippen molar-refractivity contribution in [2.75, 3.05) is 7.11 Å². The molecular weight excluding hydrogens is 413 g/mol. The summed E-state index contributed by atoms with van der Waals surface area (Å²) >= 11 is 3.61. The minimum atomic E-state index is -3.96. The number of rotatable bonds is 2. The molecule has 140 valence electrons. The molecule has 7 heteroatoms. The Morgan fingerprint density at radius 3 is 2.48 bits per heavy atom. The van der Waals surface area contributed by atoms with Crippen LogP contribution in [0.25, 0.3) is 5.57 Å². The molecular formula is C20H20BBrF2N2O. The zero-order valence-corrected chi connectivity index (χ0v) is 17.5. The highest BCUT2D eigenvalue weighted by Crippen LogP contribution is 2.46. The molecule has 0 atom stereocenters. The smallest absolute Gasteiger partial charge is 0.497 e. The van der Waals surface area contributed by atoms with E-state index >= 15 is 8.63 Å². The van der Waals surface area contributed by atoms with E-state index in [0.717, 1.165) is 26.7 Å². The van der Waals surface area contributed by atoms with Crippen molar-refractivity contribution in [1.29, 1.82) is 0 Å². The van der Waals surface area contributed by atoms with Gasteiger partial charge in [0.05, 0.1) is 12.7 Å². The molecule has 4 rings (SSSR count). The second kappa shape index (κ2) is 5.93. The van der Waals surface area contributed by atoms with Crippen LogP contribution in [-0.2, 0) is 0 Å². The number of hydrogen-bond donors (Lipinski definition) is 0. The van der Waals surface area contributed by atoms with E-state index < -0.39 is 6.97 Å². The third-order valence-electron chi connectivity index (χ3n) is 5.38. The lowest BCUT2D eigenvalue weighted by Gasteiger charge is -2.34.